The zero-order chi connectivity index (χ0) is 12.7. The molecule has 1 aromatic rings. The molecule has 17 heavy (non-hydrogen) atoms. The molecular formula is C12H17BrN2O2. The normalized spacial score (nSPS) is 10.1. The molecule has 0 unspecified atom stereocenters. The SMILES string of the molecule is CCCNC(=O)COc1c(Br)cccc1CN. The van der Waals surface area contributed by atoms with Crippen LogP contribution in [0.5, 0.6) is 5.75 Å². The van der Waals surface area contributed by atoms with E-state index in [4.69, 9.17) is 10.5 Å². The zero-order valence-electron chi connectivity index (χ0n) is 9.83. The Morgan fingerprint density at radius 1 is 1.53 bits per heavy atom. The van der Waals surface area contributed by atoms with E-state index >= 15 is 0 Å². The molecule has 0 fully saturated rings. The molecule has 1 rings (SSSR count). The third-order valence-corrected chi connectivity index (χ3v) is 2.81. The number of hydrogen-bond acceptors (Lipinski definition) is 3. The predicted molar refractivity (Wildman–Crippen MR) is 70.8 cm³/mol. The topological polar surface area (TPSA) is 64.3 Å². The van der Waals surface area contributed by atoms with Gasteiger partial charge in [0.1, 0.15) is 5.75 Å². The fraction of sp³-hybridized carbons (Fsp3) is 0.417. The molecule has 1 aromatic carbocycles. The van der Waals surface area contributed by atoms with Gasteiger partial charge in [-0.15, -0.1) is 0 Å². The second-order valence-electron chi connectivity index (χ2n) is 3.57. The van der Waals surface area contributed by atoms with Gasteiger partial charge in [0.25, 0.3) is 5.91 Å². The van der Waals surface area contributed by atoms with Gasteiger partial charge in [-0.2, -0.15) is 0 Å². The van der Waals surface area contributed by atoms with Crippen molar-refractivity contribution < 1.29 is 9.53 Å². The van der Waals surface area contributed by atoms with Gasteiger partial charge < -0.3 is 15.8 Å². The fourth-order valence-corrected chi connectivity index (χ4v) is 1.85. The Balaban J connectivity index is 2.59. The lowest BCUT2D eigenvalue weighted by atomic mass is 10.2. The van der Waals surface area contributed by atoms with Gasteiger partial charge in [0.2, 0.25) is 0 Å². The Kier molecular flexibility index (Phi) is 6.00. The third kappa shape index (κ3) is 4.36. The molecule has 0 aromatic heterocycles. The molecule has 1 amide bonds. The van der Waals surface area contributed by atoms with Crippen LogP contribution in [-0.4, -0.2) is 19.1 Å². The summed E-state index contributed by atoms with van der Waals surface area (Å²) in [6, 6.07) is 5.62. The number of carbonyl (C=O) groups is 1. The summed E-state index contributed by atoms with van der Waals surface area (Å²) in [6.07, 6.45) is 0.912. The first kappa shape index (κ1) is 14.0. The van der Waals surface area contributed by atoms with Crippen molar-refractivity contribution in [1.29, 1.82) is 0 Å². The van der Waals surface area contributed by atoms with Crippen LogP contribution in [0.1, 0.15) is 18.9 Å². The van der Waals surface area contributed by atoms with Crippen molar-refractivity contribution in [2.45, 2.75) is 19.9 Å². The van der Waals surface area contributed by atoms with Crippen molar-refractivity contribution >= 4 is 21.8 Å². The summed E-state index contributed by atoms with van der Waals surface area (Å²) in [4.78, 5) is 11.4. The van der Waals surface area contributed by atoms with Gasteiger partial charge >= 0.3 is 0 Å². The third-order valence-electron chi connectivity index (χ3n) is 2.19. The van der Waals surface area contributed by atoms with E-state index in [0.717, 1.165) is 16.5 Å². The number of benzene rings is 1. The van der Waals surface area contributed by atoms with Crippen LogP contribution < -0.4 is 15.8 Å². The Labute approximate surface area is 110 Å². The second-order valence-corrected chi connectivity index (χ2v) is 4.43. The first-order valence-electron chi connectivity index (χ1n) is 5.56. The van der Waals surface area contributed by atoms with Crippen LogP contribution in [0.15, 0.2) is 22.7 Å². The zero-order valence-corrected chi connectivity index (χ0v) is 11.4. The van der Waals surface area contributed by atoms with Crippen LogP contribution in [0.4, 0.5) is 0 Å². The molecule has 4 nitrogen and oxygen atoms in total. The molecule has 0 atom stereocenters. The van der Waals surface area contributed by atoms with Crippen molar-refractivity contribution in [3.8, 4) is 5.75 Å². The summed E-state index contributed by atoms with van der Waals surface area (Å²) in [7, 11) is 0. The van der Waals surface area contributed by atoms with E-state index in [1.807, 2.05) is 25.1 Å². The summed E-state index contributed by atoms with van der Waals surface area (Å²) in [6.45, 7) is 3.06. The Bertz CT molecular complexity index is 383. The fourth-order valence-electron chi connectivity index (χ4n) is 1.33. The van der Waals surface area contributed by atoms with Crippen molar-refractivity contribution in [2.24, 2.45) is 5.73 Å². The lowest BCUT2D eigenvalue weighted by Gasteiger charge is -2.12. The lowest BCUT2D eigenvalue weighted by Crippen LogP contribution is -2.29. The first-order chi connectivity index (χ1) is 8.19. The van der Waals surface area contributed by atoms with Crippen LogP contribution in [-0.2, 0) is 11.3 Å². The second kappa shape index (κ2) is 7.29. The number of ether oxygens (including phenoxy) is 1. The molecule has 0 bridgehead atoms. The summed E-state index contributed by atoms with van der Waals surface area (Å²) >= 11 is 3.38. The highest BCUT2D eigenvalue weighted by molar-refractivity contribution is 9.10. The van der Waals surface area contributed by atoms with Crippen molar-refractivity contribution in [2.75, 3.05) is 13.2 Å². The van der Waals surface area contributed by atoms with E-state index in [2.05, 4.69) is 21.2 Å². The van der Waals surface area contributed by atoms with E-state index in [0.29, 0.717) is 18.8 Å². The highest BCUT2D eigenvalue weighted by atomic mass is 79.9. The highest BCUT2D eigenvalue weighted by Crippen LogP contribution is 2.28. The minimum atomic E-state index is -0.120. The Morgan fingerprint density at radius 2 is 2.29 bits per heavy atom. The molecule has 0 heterocycles. The summed E-state index contributed by atoms with van der Waals surface area (Å²) in [5.74, 6) is 0.521. The van der Waals surface area contributed by atoms with Crippen LogP contribution in [0, 0.1) is 0 Å². The van der Waals surface area contributed by atoms with Crippen LogP contribution in [0.3, 0.4) is 0 Å². The van der Waals surface area contributed by atoms with Crippen molar-refractivity contribution in [3.63, 3.8) is 0 Å². The van der Waals surface area contributed by atoms with Gasteiger partial charge in [-0.3, -0.25) is 4.79 Å². The average Bonchev–Trinajstić information content (AvgIpc) is 2.34. The minimum absolute atomic E-state index is 0.00954. The minimum Gasteiger partial charge on any atom is -0.482 e. The predicted octanol–water partition coefficient (Wildman–Crippen LogP) is 1.81. The molecule has 0 spiro atoms. The number of carbonyl (C=O) groups excluding carboxylic acids is 1. The van der Waals surface area contributed by atoms with Crippen LogP contribution >= 0.6 is 15.9 Å². The molecule has 0 saturated heterocycles. The number of para-hydroxylation sites is 1. The van der Waals surface area contributed by atoms with Crippen molar-refractivity contribution in [3.05, 3.63) is 28.2 Å². The van der Waals surface area contributed by atoms with Crippen LogP contribution in [0.2, 0.25) is 0 Å². The maximum Gasteiger partial charge on any atom is 0.257 e. The smallest absolute Gasteiger partial charge is 0.257 e. The quantitative estimate of drug-likeness (QED) is 0.842. The van der Waals surface area contributed by atoms with Gasteiger partial charge in [-0.05, 0) is 28.4 Å². The number of nitrogens with two attached hydrogens (primary N) is 1. The monoisotopic (exact) mass is 300 g/mol. The van der Waals surface area contributed by atoms with Gasteiger partial charge in [-0.25, -0.2) is 0 Å². The standard InChI is InChI=1S/C12H17BrN2O2/c1-2-6-15-11(16)8-17-12-9(7-14)4-3-5-10(12)13/h3-5H,2,6-8,14H2,1H3,(H,15,16). The van der Waals surface area contributed by atoms with E-state index in [-0.39, 0.29) is 12.5 Å². The Morgan fingerprint density at radius 3 is 2.94 bits per heavy atom. The molecule has 0 aliphatic heterocycles. The lowest BCUT2D eigenvalue weighted by molar-refractivity contribution is -0.123. The number of halogens is 1. The number of amides is 1. The molecule has 5 heteroatoms. The molecule has 0 radical (unpaired) electrons. The van der Waals surface area contributed by atoms with E-state index < -0.39 is 0 Å². The summed E-state index contributed by atoms with van der Waals surface area (Å²) in [5, 5.41) is 2.75. The molecule has 0 aliphatic carbocycles. The van der Waals surface area contributed by atoms with Gasteiger partial charge in [0.05, 0.1) is 4.47 Å². The van der Waals surface area contributed by atoms with E-state index in [1.165, 1.54) is 0 Å². The first-order valence-corrected chi connectivity index (χ1v) is 6.35. The number of hydrogen-bond donors (Lipinski definition) is 2. The summed E-state index contributed by atoms with van der Waals surface area (Å²) in [5.41, 5.74) is 6.48. The van der Waals surface area contributed by atoms with Gasteiger partial charge in [-0.1, -0.05) is 19.1 Å². The maximum absolute atomic E-state index is 11.4. The van der Waals surface area contributed by atoms with Gasteiger partial charge in [0.15, 0.2) is 6.61 Å². The highest BCUT2D eigenvalue weighted by Gasteiger charge is 2.09. The number of rotatable bonds is 6. The molecule has 0 saturated carbocycles. The van der Waals surface area contributed by atoms with Gasteiger partial charge in [0, 0.05) is 18.7 Å². The Hall–Kier alpha value is -1.07. The maximum atomic E-state index is 11.4. The number of nitrogens with one attached hydrogen (secondary N) is 1. The molecule has 3 N–H and O–H groups in total. The van der Waals surface area contributed by atoms with Crippen molar-refractivity contribution in [1.82, 2.24) is 5.32 Å². The largest absolute Gasteiger partial charge is 0.482 e. The molecular weight excluding hydrogens is 284 g/mol. The average molecular weight is 301 g/mol. The van der Waals surface area contributed by atoms with E-state index in [1.54, 1.807) is 0 Å². The van der Waals surface area contributed by atoms with E-state index in [9.17, 15) is 4.79 Å². The van der Waals surface area contributed by atoms with Crippen LogP contribution in [0.25, 0.3) is 0 Å². The molecule has 94 valence electrons. The molecule has 0 aliphatic rings. The summed E-state index contributed by atoms with van der Waals surface area (Å²) < 4.78 is 6.29.